The number of nitrogens with two attached hydrogens (primary N) is 2. The number of nitrogens with zero attached hydrogens (tertiary/aromatic N) is 3. The second-order valence-electron chi connectivity index (χ2n) is 11.3. The molecule has 2 amide bonds. The van der Waals surface area contributed by atoms with E-state index in [0.29, 0.717) is 34.9 Å². The average molecular weight is 642 g/mol. The number of amidine groups is 1. The van der Waals surface area contributed by atoms with E-state index in [9.17, 15) is 9.59 Å². The van der Waals surface area contributed by atoms with Crippen molar-refractivity contribution in [2.45, 2.75) is 46.2 Å². The van der Waals surface area contributed by atoms with E-state index in [0.717, 1.165) is 36.0 Å². The van der Waals surface area contributed by atoms with Gasteiger partial charge in [-0.25, -0.2) is 0 Å². The molecular weight excluding hydrogens is 594 g/mol. The number of ether oxygens (including phenoxy) is 1. The number of likely N-dealkylation sites (N-methyl/N-ethyl adjacent to an activating group) is 1. The molecule has 0 unspecified atom stereocenters. The number of methoxy groups -OCH3 is 1. The van der Waals surface area contributed by atoms with E-state index in [2.05, 4.69) is 25.9 Å². The molecular formula is C35H47N9O3. The van der Waals surface area contributed by atoms with Gasteiger partial charge in [-0.2, -0.15) is 4.99 Å². The quantitative estimate of drug-likeness (QED) is 0.0719. The summed E-state index contributed by atoms with van der Waals surface area (Å²) in [6.07, 6.45) is 16.1. The molecule has 12 heteroatoms. The maximum Gasteiger partial charge on any atom is 0.250 e. The number of carbonyl (C=O) groups is 2. The third-order valence-corrected chi connectivity index (χ3v) is 7.37. The second kappa shape index (κ2) is 17.3. The van der Waals surface area contributed by atoms with Crippen LogP contribution in [0.3, 0.4) is 0 Å². The van der Waals surface area contributed by atoms with Gasteiger partial charge in [0, 0.05) is 73.7 Å². The fourth-order valence-electron chi connectivity index (χ4n) is 4.61. The normalized spacial score (nSPS) is 16.6. The maximum atomic E-state index is 13.2. The van der Waals surface area contributed by atoms with E-state index in [4.69, 9.17) is 21.6 Å². The zero-order valence-corrected chi connectivity index (χ0v) is 28.1. The lowest BCUT2D eigenvalue weighted by Crippen LogP contribution is -2.41. The van der Waals surface area contributed by atoms with Crippen LogP contribution in [0.15, 0.2) is 93.5 Å². The number of rotatable bonds is 15. The van der Waals surface area contributed by atoms with Crippen LogP contribution in [0.5, 0.6) is 5.75 Å². The Morgan fingerprint density at radius 1 is 1.17 bits per heavy atom. The highest BCUT2D eigenvalue weighted by Gasteiger charge is 2.29. The lowest BCUT2D eigenvalue weighted by atomic mass is 10.0. The number of amides is 2. The van der Waals surface area contributed by atoms with E-state index in [-0.39, 0.29) is 29.3 Å². The molecule has 0 spiro atoms. The van der Waals surface area contributed by atoms with Crippen molar-refractivity contribution < 1.29 is 14.3 Å². The minimum absolute atomic E-state index is 0.00292. The summed E-state index contributed by atoms with van der Waals surface area (Å²) in [6, 6.07) is 5.61. The van der Waals surface area contributed by atoms with Crippen LogP contribution in [0.4, 0.5) is 5.69 Å². The van der Waals surface area contributed by atoms with Crippen LogP contribution in [0.25, 0.3) is 5.57 Å². The smallest absolute Gasteiger partial charge is 0.250 e. The SMILES string of the molecule is CC/C=C/C(=C\C=C(/C)C(=O)N(C)C/C(C=NC)=C(\C)N)c1cccc(N/C(=C/C(N)=NC(=O)C2CC2)C(=N)C2NC=CN2)c1OC. The molecule has 0 atom stereocenters. The molecule has 1 saturated carbocycles. The summed E-state index contributed by atoms with van der Waals surface area (Å²) in [7, 11) is 4.95. The summed E-state index contributed by atoms with van der Waals surface area (Å²) in [4.78, 5) is 35.2. The topological polar surface area (TPSA) is 183 Å². The molecule has 8 N–H and O–H groups in total. The van der Waals surface area contributed by atoms with Gasteiger partial charge < -0.3 is 37.1 Å². The molecule has 1 aliphatic heterocycles. The molecule has 1 fully saturated rings. The van der Waals surface area contributed by atoms with Crippen LogP contribution in [-0.4, -0.2) is 68.4 Å². The third kappa shape index (κ3) is 10.3. The van der Waals surface area contributed by atoms with Gasteiger partial charge in [-0.1, -0.05) is 43.4 Å². The number of allylic oxidation sites excluding steroid dienone is 6. The molecule has 0 radical (unpaired) electrons. The molecule has 1 heterocycles. The van der Waals surface area contributed by atoms with Gasteiger partial charge in [0.2, 0.25) is 5.91 Å². The predicted molar refractivity (Wildman–Crippen MR) is 191 cm³/mol. The molecule has 0 bridgehead atoms. The monoisotopic (exact) mass is 641 g/mol. The van der Waals surface area contributed by atoms with Gasteiger partial charge in [-0.15, -0.1) is 0 Å². The lowest BCUT2D eigenvalue weighted by Gasteiger charge is -2.21. The van der Waals surface area contributed by atoms with Crippen molar-refractivity contribution in [2.24, 2.45) is 27.4 Å². The third-order valence-electron chi connectivity index (χ3n) is 7.37. The Bertz CT molecular complexity index is 1580. The highest BCUT2D eigenvalue weighted by Crippen LogP contribution is 2.35. The van der Waals surface area contributed by atoms with E-state index in [1.165, 1.54) is 6.08 Å². The molecule has 1 aromatic rings. The highest BCUT2D eigenvalue weighted by molar-refractivity contribution is 6.11. The number of hydrogen-bond acceptors (Lipinski definition) is 9. The van der Waals surface area contributed by atoms with Crippen LogP contribution in [-0.2, 0) is 9.59 Å². The number of aliphatic imine (C=N–C) groups is 2. The van der Waals surface area contributed by atoms with E-state index in [1.54, 1.807) is 64.6 Å². The minimum Gasteiger partial charge on any atom is -0.494 e. The van der Waals surface area contributed by atoms with Crippen molar-refractivity contribution in [3.63, 3.8) is 0 Å². The van der Waals surface area contributed by atoms with Crippen molar-refractivity contribution in [1.82, 2.24) is 15.5 Å². The maximum absolute atomic E-state index is 13.2. The Balaban J connectivity index is 1.99. The molecule has 47 heavy (non-hydrogen) atoms. The van der Waals surface area contributed by atoms with Gasteiger partial charge in [0.15, 0.2) is 0 Å². The number of anilines is 1. The first-order chi connectivity index (χ1) is 22.5. The molecule has 1 aliphatic carbocycles. The van der Waals surface area contributed by atoms with Crippen molar-refractivity contribution in [3.05, 3.63) is 89.1 Å². The van der Waals surface area contributed by atoms with Gasteiger partial charge in [-0.05, 0) is 44.7 Å². The van der Waals surface area contributed by atoms with Gasteiger partial charge in [0.1, 0.15) is 17.8 Å². The Morgan fingerprint density at radius 3 is 2.47 bits per heavy atom. The number of carbonyl (C=O) groups excluding carboxylic acids is 2. The van der Waals surface area contributed by atoms with Crippen LogP contribution in [0, 0.1) is 11.3 Å². The number of hydrogen-bond donors (Lipinski definition) is 6. The van der Waals surface area contributed by atoms with Gasteiger partial charge in [0.25, 0.3) is 5.91 Å². The Labute approximate surface area is 277 Å². The zero-order valence-electron chi connectivity index (χ0n) is 28.1. The molecule has 0 aromatic heterocycles. The number of benzene rings is 1. The summed E-state index contributed by atoms with van der Waals surface area (Å²) in [5, 5.41) is 18.3. The molecule has 2 aliphatic rings. The Kier molecular flexibility index (Phi) is 13.3. The van der Waals surface area contributed by atoms with Crippen molar-refractivity contribution in [1.29, 1.82) is 5.41 Å². The molecule has 250 valence electrons. The van der Waals surface area contributed by atoms with Crippen LogP contribution in [0.2, 0.25) is 0 Å². The lowest BCUT2D eigenvalue weighted by molar-refractivity contribution is -0.125. The molecule has 12 nitrogen and oxygen atoms in total. The zero-order chi connectivity index (χ0) is 34.5. The summed E-state index contributed by atoms with van der Waals surface area (Å²) >= 11 is 0. The summed E-state index contributed by atoms with van der Waals surface area (Å²) in [5.74, 6) is 0.0290. The van der Waals surface area contributed by atoms with E-state index >= 15 is 0 Å². The van der Waals surface area contributed by atoms with Crippen molar-refractivity contribution >= 4 is 40.8 Å². The predicted octanol–water partition coefficient (Wildman–Crippen LogP) is 3.98. The van der Waals surface area contributed by atoms with E-state index in [1.807, 2.05) is 43.4 Å². The average Bonchev–Trinajstić information content (AvgIpc) is 3.77. The largest absolute Gasteiger partial charge is 0.494 e. The van der Waals surface area contributed by atoms with Crippen LogP contribution >= 0.6 is 0 Å². The van der Waals surface area contributed by atoms with Gasteiger partial charge in [0.05, 0.1) is 24.2 Å². The first-order valence-corrected chi connectivity index (χ1v) is 15.5. The molecule has 3 rings (SSSR count). The number of nitrogens with one attached hydrogen (secondary N) is 4. The Hall–Kier alpha value is -5.39. The van der Waals surface area contributed by atoms with Crippen LogP contribution < -0.4 is 32.2 Å². The first-order valence-electron chi connectivity index (χ1n) is 15.5. The molecule has 0 saturated heterocycles. The minimum atomic E-state index is -0.517. The highest BCUT2D eigenvalue weighted by atomic mass is 16.5. The standard InChI is InChI=1S/C35H47N9O3/c1-7-8-10-24(14-13-22(2)35(46)44(5)21-26(20-39-4)23(3)36)27-11-9-12-28(32(27)47-6)42-29(31(38)33-40-17-18-41-33)19-30(37)43-34(45)25-15-16-25/h8-14,17-20,25,33,38,40-42H,7,15-16,21,36H2,1-6H3,(H2,37,43,45)/b10-8+,22-13+,24-14+,26-23+,29-19+,38-31?,39-20?. The van der Waals surface area contributed by atoms with Crippen molar-refractivity contribution in [2.75, 3.05) is 33.1 Å². The van der Waals surface area contributed by atoms with Crippen LogP contribution in [0.1, 0.15) is 45.6 Å². The Morgan fingerprint density at radius 2 is 1.87 bits per heavy atom. The molecule has 1 aromatic carbocycles. The fraction of sp³-hybridized carbons (Fsp3) is 0.343. The van der Waals surface area contributed by atoms with Gasteiger partial charge >= 0.3 is 0 Å². The number of para-hydroxylation sites is 1. The van der Waals surface area contributed by atoms with Crippen molar-refractivity contribution in [3.8, 4) is 5.75 Å². The first kappa shape index (κ1) is 36.1. The van der Waals surface area contributed by atoms with E-state index < -0.39 is 6.17 Å². The summed E-state index contributed by atoms with van der Waals surface area (Å²) in [5.41, 5.74) is 16.6. The second-order valence-corrected chi connectivity index (χ2v) is 11.3. The summed E-state index contributed by atoms with van der Waals surface area (Å²) < 4.78 is 5.92. The fourth-order valence-corrected chi connectivity index (χ4v) is 4.61. The summed E-state index contributed by atoms with van der Waals surface area (Å²) in [6.45, 7) is 5.91. The van der Waals surface area contributed by atoms with Gasteiger partial charge in [-0.3, -0.25) is 20.0 Å².